The summed E-state index contributed by atoms with van der Waals surface area (Å²) in [6, 6.07) is 1.45. The maximum absolute atomic E-state index is 13.7. The van der Waals surface area contributed by atoms with Gasteiger partial charge in [-0.25, -0.2) is 4.39 Å². The van der Waals surface area contributed by atoms with Gasteiger partial charge in [-0.2, -0.15) is 22.0 Å². The van der Waals surface area contributed by atoms with Crippen molar-refractivity contribution >= 4 is 29.2 Å². The van der Waals surface area contributed by atoms with Crippen molar-refractivity contribution in [2.45, 2.75) is 38.9 Å². The molecular weight excluding hydrogens is 506 g/mol. The molecule has 0 heterocycles. The molecule has 0 aliphatic heterocycles. The molecule has 0 saturated heterocycles. The summed E-state index contributed by atoms with van der Waals surface area (Å²) in [5, 5.41) is -2.57. The van der Waals surface area contributed by atoms with Crippen molar-refractivity contribution in [1.29, 1.82) is 0 Å². The van der Waals surface area contributed by atoms with Crippen molar-refractivity contribution in [3.8, 4) is 5.75 Å². The smallest absolute Gasteiger partial charge is 0.461 e. The van der Waals surface area contributed by atoms with Gasteiger partial charge in [0.05, 0.1) is 16.0 Å². The third-order valence-corrected chi connectivity index (χ3v) is 5.45. The highest BCUT2D eigenvalue weighted by molar-refractivity contribution is 6.31. The van der Waals surface area contributed by atoms with Gasteiger partial charge < -0.3 is 9.47 Å². The van der Waals surface area contributed by atoms with Gasteiger partial charge in [0.15, 0.2) is 11.6 Å². The normalized spacial score (nSPS) is 21.3. The highest BCUT2D eigenvalue weighted by Crippen LogP contribution is 2.61. The van der Waals surface area contributed by atoms with Crippen molar-refractivity contribution in [2.24, 2.45) is 17.3 Å². The predicted molar refractivity (Wildman–Crippen MR) is 93.6 cm³/mol. The van der Waals surface area contributed by atoms with Gasteiger partial charge in [-0.15, -0.1) is 13.2 Å². The van der Waals surface area contributed by atoms with Gasteiger partial charge in [0.1, 0.15) is 6.61 Å². The van der Waals surface area contributed by atoms with Crippen LogP contribution in [0.5, 0.6) is 5.75 Å². The molecule has 2 atom stereocenters. The number of hydrogen-bond acceptors (Lipinski definition) is 3. The molecule has 14 heteroatoms. The zero-order valence-electron chi connectivity index (χ0n) is 16.0. The number of esters is 1. The lowest BCUT2D eigenvalue weighted by atomic mass is 10.1. The number of hydrogen-bond donors (Lipinski definition) is 0. The topological polar surface area (TPSA) is 35.5 Å². The quantitative estimate of drug-likeness (QED) is 0.300. The predicted octanol–water partition coefficient (Wildman–Crippen LogP) is 7.01. The Labute approximate surface area is 185 Å². The largest absolute Gasteiger partial charge is 0.573 e. The van der Waals surface area contributed by atoms with Crippen LogP contribution in [-0.4, -0.2) is 24.4 Å². The number of rotatable bonds is 6. The number of ether oxygens (including phenoxy) is 2. The second kappa shape index (κ2) is 8.51. The standard InChI is InChI=1S/C18H13Cl2F9O3/c1-15(2)8(5-11(20)16(22,23)17(24,25)26)12(15)14(30)31-6-7-3-9(19)13(21)10(4-7)32-18(27,28)29/h3-5,8,12H,6H2,1-2H3. The third-order valence-electron chi connectivity index (χ3n) is 4.81. The van der Waals surface area contributed by atoms with Gasteiger partial charge >= 0.3 is 24.4 Å². The van der Waals surface area contributed by atoms with Crippen LogP contribution < -0.4 is 4.74 Å². The summed E-state index contributed by atoms with van der Waals surface area (Å²) in [5.41, 5.74) is -1.29. The van der Waals surface area contributed by atoms with Gasteiger partial charge in [0.2, 0.25) is 0 Å². The second-order valence-corrected chi connectivity index (χ2v) is 8.27. The minimum atomic E-state index is -5.94. The van der Waals surface area contributed by atoms with E-state index >= 15 is 0 Å². The Morgan fingerprint density at radius 2 is 1.69 bits per heavy atom. The summed E-state index contributed by atoms with van der Waals surface area (Å²) in [4.78, 5) is 12.3. The zero-order valence-corrected chi connectivity index (χ0v) is 17.5. The molecule has 180 valence electrons. The van der Waals surface area contributed by atoms with Crippen LogP contribution in [-0.2, 0) is 16.1 Å². The van der Waals surface area contributed by atoms with Gasteiger partial charge in [0.25, 0.3) is 0 Å². The van der Waals surface area contributed by atoms with Crippen LogP contribution in [0.25, 0.3) is 0 Å². The van der Waals surface area contributed by atoms with E-state index in [1.165, 1.54) is 13.8 Å². The molecule has 1 saturated carbocycles. The average Bonchev–Trinajstić information content (AvgIpc) is 3.14. The highest BCUT2D eigenvalue weighted by atomic mass is 35.5. The van der Waals surface area contributed by atoms with E-state index in [-0.39, 0.29) is 5.56 Å². The highest BCUT2D eigenvalue weighted by Gasteiger charge is 2.64. The van der Waals surface area contributed by atoms with Crippen LogP contribution in [0.15, 0.2) is 23.2 Å². The van der Waals surface area contributed by atoms with Gasteiger partial charge in [0, 0.05) is 0 Å². The lowest BCUT2D eigenvalue weighted by Gasteiger charge is -2.18. The Hall–Kier alpha value is -1.82. The first kappa shape index (κ1) is 26.4. The SMILES string of the molecule is CC1(C)C(C=C(Cl)C(F)(F)C(F)(F)F)C1C(=O)OCc1cc(Cl)c(F)c(OC(F)(F)F)c1. The number of carbonyl (C=O) groups is 1. The van der Waals surface area contributed by atoms with Crippen molar-refractivity contribution in [3.05, 3.63) is 39.6 Å². The number of allylic oxidation sites excluding steroid dienone is 2. The second-order valence-electron chi connectivity index (χ2n) is 7.46. The molecule has 2 rings (SSSR count). The Balaban J connectivity index is 2.13. The van der Waals surface area contributed by atoms with Crippen LogP contribution in [0.4, 0.5) is 39.5 Å². The number of carbonyl (C=O) groups excluding carboxylic acids is 1. The monoisotopic (exact) mass is 518 g/mol. The molecule has 0 spiro atoms. The minimum Gasteiger partial charge on any atom is -0.461 e. The van der Waals surface area contributed by atoms with Gasteiger partial charge in [-0.3, -0.25) is 4.79 Å². The minimum absolute atomic E-state index is 0.198. The van der Waals surface area contributed by atoms with E-state index in [1.807, 2.05) is 0 Å². The first-order valence-electron chi connectivity index (χ1n) is 8.51. The molecule has 0 bridgehead atoms. The van der Waals surface area contributed by atoms with E-state index in [9.17, 15) is 44.3 Å². The summed E-state index contributed by atoms with van der Waals surface area (Å²) in [7, 11) is 0. The summed E-state index contributed by atoms with van der Waals surface area (Å²) >= 11 is 10.6. The van der Waals surface area contributed by atoms with Crippen molar-refractivity contribution in [2.75, 3.05) is 0 Å². The van der Waals surface area contributed by atoms with Gasteiger partial charge in [-0.1, -0.05) is 43.1 Å². The lowest BCUT2D eigenvalue weighted by Crippen LogP contribution is -2.36. The molecule has 1 fully saturated rings. The molecule has 2 unspecified atom stereocenters. The van der Waals surface area contributed by atoms with Crippen molar-refractivity contribution < 1.29 is 53.8 Å². The fourth-order valence-electron chi connectivity index (χ4n) is 2.98. The number of benzene rings is 1. The number of alkyl halides is 8. The average molecular weight is 519 g/mol. The maximum Gasteiger partial charge on any atom is 0.573 e. The summed E-state index contributed by atoms with van der Waals surface area (Å²) < 4.78 is 123. The zero-order chi connectivity index (χ0) is 24.9. The van der Waals surface area contributed by atoms with Crippen LogP contribution in [0.1, 0.15) is 19.4 Å². The molecule has 0 N–H and O–H groups in total. The molecule has 1 aliphatic rings. The third kappa shape index (κ3) is 5.56. The Morgan fingerprint density at radius 1 is 1.12 bits per heavy atom. The Morgan fingerprint density at radius 3 is 2.19 bits per heavy atom. The summed E-state index contributed by atoms with van der Waals surface area (Å²) in [6.07, 6.45) is -10.7. The first-order valence-corrected chi connectivity index (χ1v) is 9.27. The van der Waals surface area contributed by atoms with Crippen LogP contribution in [0.2, 0.25) is 5.02 Å². The van der Waals surface area contributed by atoms with E-state index in [2.05, 4.69) is 4.74 Å². The molecule has 0 amide bonds. The van der Waals surface area contributed by atoms with E-state index < -0.39 is 69.9 Å². The number of halogens is 11. The Bertz CT molecular complexity index is 923. The van der Waals surface area contributed by atoms with E-state index in [1.54, 1.807) is 0 Å². The van der Waals surface area contributed by atoms with Crippen LogP contribution >= 0.6 is 23.2 Å². The molecule has 0 aromatic heterocycles. The fourth-order valence-corrected chi connectivity index (χ4v) is 3.46. The van der Waals surface area contributed by atoms with Crippen LogP contribution in [0.3, 0.4) is 0 Å². The van der Waals surface area contributed by atoms with E-state index in [4.69, 9.17) is 27.9 Å². The molecule has 0 radical (unpaired) electrons. The molecule has 32 heavy (non-hydrogen) atoms. The van der Waals surface area contributed by atoms with E-state index in [0.717, 1.165) is 6.07 Å². The fraction of sp³-hybridized carbons (Fsp3) is 0.500. The summed E-state index contributed by atoms with van der Waals surface area (Å²) in [5.74, 6) is -11.4. The first-order chi connectivity index (χ1) is 14.3. The molecule has 1 aromatic carbocycles. The van der Waals surface area contributed by atoms with Crippen LogP contribution in [0, 0.1) is 23.1 Å². The van der Waals surface area contributed by atoms with E-state index in [0.29, 0.717) is 12.1 Å². The summed E-state index contributed by atoms with van der Waals surface area (Å²) in [6.45, 7) is 2.07. The maximum atomic E-state index is 13.7. The molecular formula is C18H13Cl2F9O3. The molecule has 1 aliphatic carbocycles. The lowest BCUT2D eigenvalue weighted by molar-refractivity contribution is -0.275. The molecule has 1 aromatic rings. The molecule has 3 nitrogen and oxygen atoms in total. The Kier molecular flexibility index (Phi) is 7.03. The van der Waals surface area contributed by atoms with Crippen molar-refractivity contribution in [1.82, 2.24) is 0 Å². The van der Waals surface area contributed by atoms with Gasteiger partial charge in [-0.05, 0) is 29.0 Å². The van der Waals surface area contributed by atoms with Crippen molar-refractivity contribution in [3.63, 3.8) is 0 Å².